The van der Waals surface area contributed by atoms with Crippen LogP contribution in [-0.4, -0.2) is 17.0 Å². The molecule has 1 aromatic rings. The Morgan fingerprint density at radius 1 is 1.11 bits per heavy atom. The van der Waals surface area contributed by atoms with E-state index in [0.29, 0.717) is 5.96 Å². The van der Waals surface area contributed by atoms with Gasteiger partial charge in [-0.1, -0.05) is 30.3 Å². The molecule has 3 N–H and O–H groups in total. The molecule has 0 aromatic heterocycles. The van der Waals surface area contributed by atoms with Crippen molar-refractivity contribution in [3.8, 4) is 0 Å². The lowest BCUT2D eigenvalue weighted by Gasteiger charge is -2.25. The van der Waals surface area contributed by atoms with Crippen LogP contribution in [0.2, 0.25) is 0 Å². The van der Waals surface area contributed by atoms with Crippen molar-refractivity contribution in [1.29, 1.82) is 0 Å². The Balaban J connectivity index is 2.58. The zero-order chi connectivity index (χ0) is 14.5. The van der Waals surface area contributed by atoms with Gasteiger partial charge in [0.05, 0.1) is 5.54 Å². The minimum Gasteiger partial charge on any atom is -0.370 e. The Bertz CT molecular complexity index is 413. The molecule has 3 heteroatoms. The van der Waals surface area contributed by atoms with Gasteiger partial charge in [-0.25, -0.2) is 4.99 Å². The minimum absolute atomic E-state index is 0.0525. The third-order valence-electron chi connectivity index (χ3n) is 2.79. The van der Waals surface area contributed by atoms with Crippen molar-refractivity contribution in [2.24, 2.45) is 10.7 Å². The molecule has 0 saturated carbocycles. The lowest BCUT2D eigenvalue weighted by atomic mass is 9.96. The number of aryl methyl sites for hydroxylation is 1. The second kappa shape index (κ2) is 6.09. The molecule has 0 saturated heterocycles. The quantitative estimate of drug-likeness (QED) is 0.646. The number of nitrogens with zero attached hydrogens (tertiary/aromatic N) is 1. The van der Waals surface area contributed by atoms with Crippen molar-refractivity contribution in [1.82, 2.24) is 5.32 Å². The predicted octanol–water partition coefficient (Wildman–Crippen LogP) is 3.10. The summed E-state index contributed by atoms with van der Waals surface area (Å²) >= 11 is 0. The largest absolute Gasteiger partial charge is 0.370 e. The molecule has 0 bridgehead atoms. The average Bonchev–Trinajstić information content (AvgIpc) is 2.24. The van der Waals surface area contributed by atoms with E-state index in [9.17, 15) is 0 Å². The van der Waals surface area contributed by atoms with Crippen molar-refractivity contribution >= 4 is 5.96 Å². The number of nitrogens with one attached hydrogen (secondary N) is 1. The van der Waals surface area contributed by atoms with Crippen LogP contribution in [0, 0.1) is 0 Å². The van der Waals surface area contributed by atoms with Crippen LogP contribution in [0.15, 0.2) is 35.3 Å². The Morgan fingerprint density at radius 2 is 1.68 bits per heavy atom. The van der Waals surface area contributed by atoms with Crippen LogP contribution in [0.4, 0.5) is 0 Å². The monoisotopic (exact) mass is 261 g/mol. The molecule has 0 radical (unpaired) electrons. The number of nitrogens with two attached hydrogens (primary N) is 1. The summed E-state index contributed by atoms with van der Waals surface area (Å²) in [6.45, 7) is 10.5. The highest BCUT2D eigenvalue weighted by atomic mass is 15.1. The van der Waals surface area contributed by atoms with E-state index in [-0.39, 0.29) is 11.1 Å². The summed E-state index contributed by atoms with van der Waals surface area (Å²) in [4.78, 5) is 4.59. The second-order valence-corrected chi connectivity index (χ2v) is 6.67. The molecule has 3 nitrogen and oxygen atoms in total. The Kier molecular flexibility index (Phi) is 4.98. The molecule has 0 aliphatic carbocycles. The smallest absolute Gasteiger partial charge is 0.189 e. The van der Waals surface area contributed by atoms with E-state index in [4.69, 9.17) is 5.73 Å². The van der Waals surface area contributed by atoms with Crippen LogP contribution in [0.5, 0.6) is 0 Å². The summed E-state index contributed by atoms with van der Waals surface area (Å²) in [5.41, 5.74) is 7.09. The SMILES string of the molecule is CC(C)(CCc1ccccc1)N=C(N)NC(C)(C)C. The molecule has 0 amide bonds. The lowest BCUT2D eigenvalue weighted by Crippen LogP contribution is -2.46. The predicted molar refractivity (Wildman–Crippen MR) is 83.4 cm³/mol. The average molecular weight is 261 g/mol. The summed E-state index contributed by atoms with van der Waals surface area (Å²) in [6, 6.07) is 10.5. The number of hydrogen-bond acceptors (Lipinski definition) is 1. The number of benzene rings is 1. The van der Waals surface area contributed by atoms with Crippen molar-refractivity contribution in [2.45, 2.75) is 58.5 Å². The van der Waals surface area contributed by atoms with Crippen LogP contribution in [0.1, 0.15) is 46.6 Å². The van der Waals surface area contributed by atoms with Gasteiger partial charge in [-0.15, -0.1) is 0 Å². The first-order chi connectivity index (χ1) is 8.68. The first kappa shape index (κ1) is 15.5. The van der Waals surface area contributed by atoms with Gasteiger partial charge < -0.3 is 11.1 Å². The molecule has 1 aromatic carbocycles. The van der Waals surface area contributed by atoms with Gasteiger partial charge in [-0.05, 0) is 53.0 Å². The molecule has 0 heterocycles. The van der Waals surface area contributed by atoms with Crippen molar-refractivity contribution in [3.63, 3.8) is 0 Å². The van der Waals surface area contributed by atoms with Crippen molar-refractivity contribution < 1.29 is 0 Å². The lowest BCUT2D eigenvalue weighted by molar-refractivity contribution is 0.463. The number of hydrogen-bond donors (Lipinski definition) is 2. The first-order valence-electron chi connectivity index (χ1n) is 6.85. The molecule has 0 aliphatic heterocycles. The second-order valence-electron chi connectivity index (χ2n) is 6.67. The molecular weight excluding hydrogens is 234 g/mol. The molecule has 19 heavy (non-hydrogen) atoms. The third-order valence-corrected chi connectivity index (χ3v) is 2.79. The topological polar surface area (TPSA) is 50.4 Å². The summed E-state index contributed by atoms with van der Waals surface area (Å²) in [6.07, 6.45) is 1.99. The van der Waals surface area contributed by atoms with Crippen LogP contribution < -0.4 is 11.1 Å². The van der Waals surface area contributed by atoms with Crippen LogP contribution in [0.25, 0.3) is 0 Å². The van der Waals surface area contributed by atoms with Gasteiger partial charge in [-0.2, -0.15) is 0 Å². The number of aliphatic imine (C=N–C) groups is 1. The van der Waals surface area contributed by atoms with Crippen LogP contribution >= 0.6 is 0 Å². The molecular formula is C16H27N3. The highest BCUT2D eigenvalue weighted by Gasteiger charge is 2.18. The summed E-state index contributed by atoms with van der Waals surface area (Å²) in [5.74, 6) is 0.519. The zero-order valence-corrected chi connectivity index (χ0v) is 12.8. The van der Waals surface area contributed by atoms with E-state index < -0.39 is 0 Å². The fourth-order valence-electron chi connectivity index (χ4n) is 1.89. The molecule has 0 fully saturated rings. The third kappa shape index (κ3) is 6.85. The minimum atomic E-state index is -0.155. The van der Waals surface area contributed by atoms with Gasteiger partial charge >= 0.3 is 0 Å². The van der Waals surface area contributed by atoms with Gasteiger partial charge in [-0.3, -0.25) is 0 Å². The number of guanidine groups is 1. The molecule has 0 atom stereocenters. The summed E-state index contributed by atoms with van der Waals surface area (Å²) in [7, 11) is 0. The Labute approximate surface area is 117 Å². The fraction of sp³-hybridized carbons (Fsp3) is 0.562. The molecule has 0 unspecified atom stereocenters. The van der Waals surface area contributed by atoms with E-state index in [1.165, 1.54) is 5.56 Å². The van der Waals surface area contributed by atoms with Crippen molar-refractivity contribution in [2.75, 3.05) is 0 Å². The zero-order valence-electron chi connectivity index (χ0n) is 12.8. The normalized spacial score (nSPS) is 13.4. The molecule has 0 aliphatic rings. The van der Waals surface area contributed by atoms with Gasteiger partial charge in [0.25, 0.3) is 0 Å². The molecule has 106 valence electrons. The highest BCUT2D eigenvalue weighted by Crippen LogP contribution is 2.18. The van der Waals surface area contributed by atoms with Gasteiger partial charge in [0, 0.05) is 5.54 Å². The number of rotatable bonds is 4. The van der Waals surface area contributed by atoms with Crippen LogP contribution in [0.3, 0.4) is 0 Å². The van der Waals surface area contributed by atoms with E-state index in [0.717, 1.165) is 12.8 Å². The maximum atomic E-state index is 5.95. The molecule has 0 spiro atoms. The van der Waals surface area contributed by atoms with Gasteiger partial charge in [0.15, 0.2) is 5.96 Å². The van der Waals surface area contributed by atoms with Crippen LogP contribution in [-0.2, 0) is 6.42 Å². The van der Waals surface area contributed by atoms with Crippen molar-refractivity contribution in [3.05, 3.63) is 35.9 Å². The Hall–Kier alpha value is -1.51. The highest BCUT2D eigenvalue weighted by molar-refractivity contribution is 5.79. The maximum Gasteiger partial charge on any atom is 0.189 e. The van der Waals surface area contributed by atoms with Gasteiger partial charge in [0.1, 0.15) is 0 Å². The van der Waals surface area contributed by atoms with E-state index in [1.807, 2.05) is 6.07 Å². The van der Waals surface area contributed by atoms with E-state index in [2.05, 4.69) is 69.2 Å². The van der Waals surface area contributed by atoms with Gasteiger partial charge in [0.2, 0.25) is 0 Å². The van der Waals surface area contributed by atoms with E-state index in [1.54, 1.807) is 0 Å². The maximum absolute atomic E-state index is 5.95. The molecule has 1 rings (SSSR count). The summed E-state index contributed by atoms with van der Waals surface area (Å²) < 4.78 is 0. The fourth-order valence-corrected chi connectivity index (χ4v) is 1.89. The van der Waals surface area contributed by atoms with E-state index >= 15 is 0 Å². The Morgan fingerprint density at radius 3 is 2.21 bits per heavy atom. The standard InChI is InChI=1S/C16H27N3/c1-15(2,3)18-14(17)19-16(4,5)12-11-13-9-7-6-8-10-13/h6-10H,11-12H2,1-5H3,(H3,17,18,19). The summed E-state index contributed by atoms with van der Waals surface area (Å²) in [5, 5.41) is 3.20. The first-order valence-corrected chi connectivity index (χ1v) is 6.85.